The molecule has 20 nitrogen and oxygen atoms in total. The lowest BCUT2D eigenvalue weighted by Gasteiger charge is -2.26. The highest BCUT2D eigenvalue weighted by Gasteiger charge is 2.52. The molecular formula is C68H84N8O12. The number of nitrogens with one attached hydrogen (secondary N) is 6. The number of aromatic nitrogens is 2. The zero-order valence-electron chi connectivity index (χ0n) is 51.8. The number of amides is 6. The molecule has 6 amide bonds. The smallest absolute Gasteiger partial charge is 0.287 e. The fraction of sp³-hybridized carbons (Fsp3) is 0.485. The third kappa shape index (κ3) is 15.9. The van der Waals surface area contributed by atoms with E-state index in [1.165, 1.54) is 0 Å². The van der Waals surface area contributed by atoms with E-state index in [-0.39, 0.29) is 36.1 Å². The van der Waals surface area contributed by atoms with Crippen LogP contribution in [-0.4, -0.2) is 131 Å². The first-order valence-corrected chi connectivity index (χ1v) is 30.8. The van der Waals surface area contributed by atoms with Gasteiger partial charge in [-0.05, 0) is 124 Å². The van der Waals surface area contributed by atoms with Crippen LogP contribution in [0, 0.1) is 11.8 Å². The van der Waals surface area contributed by atoms with Crippen molar-refractivity contribution in [3.63, 3.8) is 0 Å². The first-order valence-electron chi connectivity index (χ1n) is 30.8. The number of ketones is 2. The van der Waals surface area contributed by atoms with Gasteiger partial charge in [0.15, 0.2) is 17.4 Å². The van der Waals surface area contributed by atoms with Crippen molar-refractivity contribution in [3.05, 3.63) is 131 Å². The normalized spacial score (nSPS) is 20.6. The van der Waals surface area contributed by atoms with Gasteiger partial charge in [0.05, 0.1) is 50.6 Å². The van der Waals surface area contributed by atoms with Gasteiger partial charge in [0.2, 0.25) is 29.5 Å². The Balaban J connectivity index is 0.000000209. The SMILES string of the molecule is COc1ccc(CC(NC(=O)C(C)NC(=O)C2=C(C)c3ccccc3C2)C(=O)NC(CC2CCCC2)C(=O)C2(C)CO2)cc1.COc1ccc(CC(NC(=O)C(C)NC(=O)c2nc3ccccc3n2C)C(=O)NC(CC2CCCC2)C(=O)C2(C)CO2)cc1. The number of nitrogens with zero attached hydrogens (tertiary/aromatic N) is 2. The standard InChI is InChI=1S/C35H43N3O6.C33H41N5O6/c1-21-27-12-8-7-11-25(27)19-28(21)33(41)36-22(2)32(40)38-30(18-24-13-15-26(43-4)16-14-24)34(42)37-29(17-23-9-5-6-10-23)31(39)35(3)20-44-35;1-20(34-32(42)29-35-24-11-7-8-12-27(24)38(29)3)30(40)37-26(18-22-13-15-23(43-4)16-14-22)31(41)36-25(17-21-9-5-6-10-21)28(39)33(2)19-44-33/h7-8,11-16,22-23,29-30H,5-6,9-10,17-20H2,1-4H3,(H,36,41)(H,37,42)(H,38,40);7-8,11-16,20-21,25-26H,5-6,9-10,17-19H2,1-4H3,(H,34,42)(H,36,41)(H,37,40). The summed E-state index contributed by atoms with van der Waals surface area (Å²) in [5, 5.41) is 17.1. The maximum Gasteiger partial charge on any atom is 0.287 e. The summed E-state index contributed by atoms with van der Waals surface area (Å²) in [6, 6.07) is 24.4. The van der Waals surface area contributed by atoms with E-state index >= 15 is 0 Å². The Morgan fingerprint density at radius 3 is 1.42 bits per heavy atom. The van der Waals surface area contributed by atoms with Crippen LogP contribution in [0.25, 0.3) is 16.6 Å². The van der Waals surface area contributed by atoms with Crippen LogP contribution < -0.4 is 41.4 Å². The second kappa shape index (κ2) is 28.3. The number of hydrogen-bond donors (Lipinski definition) is 6. The van der Waals surface area contributed by atoms with Gasteiger partial charge in [-0.3, -0.25) is 38.4 Å². The molecule has 3 aliphatic carbocycles. The van der Waals surface area contributed by atoms with Crippen molar-refractivity contribution in [2.45, 2.75) is 166 Å². The van der Waals surface area contributed by atoms with E-state index in [2.05, 4.69) is 36.9 Å². The van der Waals surface area contributed by atoms with Crippen molar-refractivity contribution >= 4 is 63.6 Å². The maximum atomic E-state index is 13.8. The molecule has 4 fully saturated rings. The van der Waals surface area contributed by atoms with Gasteiger partial charge in [0.25, 0.3) is 5.91 Å². The highest BCUT2D eigenvalue weighted by molar-refractivity contribution is 6.06. The molecule has 8 unspecified atom stereocenters. The number of benzene rings is 4. The Kier molecular flexibility index (Phi) is 20.7. The zero-order valence-corrected chi connectivity index (χ0v) is 51.8. The summed E-state index contributed by atoms with van der Waals surface area (Å²) in [5.41, 5.74) is 4.93. The summed E-state index contributed by atoms with van der Waals surface area (Å²) >= 11 is 0. The van der Waals surface area contributed by atoms with Crippen LogP contribution in [-0.2, 0) is 69.3 Å². The second-order valence-corrected chi connectivity index (χ2v) is 24.7. The molecule has 2 saturated heterocycles. The van der Waals surface area contributed by atoms with Crippen LogP contribution in [0.4, 0.5) is 0 Å². The van der Waals surface area contributed by atoms with E-state index < -0.39 is 77.0 Å². The Morgan fingerprint density at radius 1 is 0.568 bits per heavy atom. The number of hydrogen-bond acceptors (Lipinski definition) is 13. The Bertz CT molecular complexity index is 3410. The molecule has 10 rings (SSSR count). The highest BCUT2D eigenvalue weighted by atomic mass is 16.6. The molecule has 20 heteroatoms. The van der Waals surface area contributed by atoms with E-state index in [9.17, 15) is 38.4 Å². The number of Topliss-reactive ketones (excluding diaryl/α,β-unsaturated/α-hetero) is 2. The summed E-state index contributed by atoms with van der Waals surface area (Å²) < 4.78 is 23.1. The molecule has 1 aromatic heterocycles. The van der Waals surface area contributed by atoms with Gasteiger partial charge in [0, 0.05) is 31.9 Å². The lowest BCUT2D eigenvalue weighted by Crippen LogP contribution is -2.57. The van der Waals surface area contributed by atoms with Crippen LogP contribution in [0.1, 0.15) is 132 Å². The van der Waals surface area contributed by atoms with Gasteiger partial charge < -0.3 is 55.4 Å². The van der Waals surface area contributed by atoms with Crippen molar-refractivity contribution in [1.29, 1.82) is 0 Å². The number of aryl methyl sites for hydroxylation is 1. The average molecular weight is 1210 g/mol. The van der Waals surface area contributed by atoms with Crippen molar-refractivity contribution in [2.75, 3.05) is 27.4 Å². The summed E-state index contributed by atoms with van der Waals surface area (Å²) in [5.74, 6) is -0.826. The number of carbonyl (C=O) groups is 8. The molecule has 4 aromatic carbocycles. The number of carbonyl (C=O) groups excluding carboxylic acids is 8. The minimum Gasteiger partial charge on any atom is -0.497 e. The third-order valence-electron chi connectivity index (χ3n) is 18.0. The van der Waals surface area contributed by atoms with Crippen molar-refractivity contribution in [1.82, 2.24) is 41.5 Å². The van der Waals surface area contributed by atoms with Crippen molar-refractivity contribution in [3.8, 4) is 11.5 Å². The predicted molar refractivity (Wildman–Crippen MR) is 331 cm³/mol. The number of imidazole rings is 1. The Morgan fingerprint density at radius 2 is 0.989 bits per heavy atom. The quantitative estimate of drug-likeness (QED) is 0.0322. The zero-order chi connectivity index (χ0) is 62.9. The number of fused-ring (bicyclic) bond motifs is 2. The molecular weight excluding hydrogens is 1120 g/mol. The maximum absolute atomic E-state index is 13.8. The van der Waals surface area contributed by atoms with Gasteiger partial charge in [-0.25, -0.2) is 4.98 Å². The summed E-state index contributed by atoms with van der Waals surface area (Å²) in [4.78, 5) is 112. The van der Waals surface area contributed by atoms with Gasteiger partial charge in [0.1, 0.15) is 46.9 Å². The largest absolute Gasteiger partial charge is 0.497 e. The fourth-order valence-electron chi connectivity index (χ4n) is 12.2. The number of epoxide rings is 2. The number of methoxy groups -OCH3 is 2. The summed E-state index contributed by atoms with van der Waals surface area (Å²) in [6.45, 7) is 9.24. The van der Waals surface area contributed by atoms with Gasteiger partial charge in [-0.2, -0.15) is 0 Å². The van der Waals surface area contributed by atoms with Gasteiger partial charge >= 0.3 is 0 Å². The number of para-hydroxylation sites is 2. The van der Waals surface area contributed by atoms with Crippen LogP contribution in [0.15, 0.2) is 103 Å². The molecule has 88 heavy (non-hydrogen) atoms. The highest BCUT2D eigenvalue weighted by Crippen LogP contribution is 2.36. The van der Waals surface area contributed by atoms with Crippen LogP contribution in [0.3, 0.4) is 0 Å². The van der Waals surface area contributed by atoms with Crippen molar-refractivity contribution < 1.29 is 57.3 Å². The summed E-state index contributed by atoms with van der Waals surface area (Å²) in [7, 11) is 4.88. The molecule has 8 atom stereocenters. The molecule has 0 bridgehead atoms. The molecule has 5 aliphatic rings. The number of rotatable bonds is 26. The van der Waals surface area contributed by atoms with E-state index in [0.717, 1.165) is 84.7 Å². The van der Waals surface area contributed by atoms with Crippen LogP contribution in [0.2, 0.25) is 0 Å². The van der Waals surface area contributed by atoms with Crippen LogP contribution >= 0.6 is 0 Å². The van der Waals surface area contributed by atoms with E-state index in [0.29, 0.717) is 66.9 Å². The van der Waals surface area contributed by atoms with E-state index in [4.69, 9.17) is 18.9 Å². The number of allylic oxidation sites excluding steroid dienone is 1. The molecule has 6 N–H and O–H groups in total. The molecule has 5 aromatic rings. The third-order valence-corrected chi connectivity index (χ3v) is 18.0. The topological polar surface area (TPSA) is 270 Å². The second-order valence-electron chi connectivity index (χ2n) is 24.7. The number of ether oxygens (including phenoxy) is 4. The average Bonchev–Trinajstić information content (AvgIpc) is 3.14. The Hall–Kier alpha value is -8.23. The molecule has 3 heterocycles. The van der Waals surface area contributed by atoms with Gasteiger partial charge in [-0.15, -0.1) is 0 Å². The van der Waals surface area contributed by atoms with E-state index in [1.54, 1.807) is 77.8 Å². The minimum absolute atomic E-state index is 0.130. The first-order chi connectivity index (χ1) is 42.1. The van der Waals surface area contributed by atoms with Gasteiger partial charge in [-0.1, -0.05) is 112 Å². The summed E-state index contributed by atoms with van der Waals surface area (Å²) in [6.07, 6.45) is 10.5. The lowest BCUT2D eigenvalue weighted by molar-refractivity contribution is -0.134. The fourth-order valence-corrected chi connectivity index (χ4v) is 12.2. The minimum atomic E-state index is -1.00. The van der Waals surface area contributed by atoms with Crippen LogP contribution in [0.5, 0.6) is 11.5 Å². The predicted octanol–water partition coefficient (Wildman–Crippen LogP) is 6.53. The van der Waals surface area contributed by atoms with Crippen molar-refractivity contribution in [2.24, 2.45) is 18.9 Å². The molecule has 468 valence electrons. The monoisotopic (exact) mass is 1200 g/mol. The Labute approximate surface area is 514 Å². The molecule has 2 aliphatic heterocycles. The molecule has 2 saturated carbocycles. The lowest BCUT2D eigenvalue weighted by atomic mass is 9.90. The molecule has 0 radical (unpaired) electrons. The first kappa shape index (κ1) is 64.2. The van der Waals surface area contributed by atoms with E-state index in [1.807, 2.05) is 79.7 Å². The molecule has 0 spiro atoms.